The number of aliphatic hydroxyl groups is 2. The molecule has 44 heavy (non-hydrogen) atoms. The van der Waals surface area contributed by atoms with Crippen molar-refractivity contribution in [2.75, 3.05) is 13.6 Å². The van der Waals surface area contributed by atoms with Crippen LogP contribution in [-0.4, -0.2) is 46.8 Å². The Morgan fingerprint density at radius 2 is 1.57 bits per heavy atom. The van der Waals surface area contributed by atoms with Gasteiger partial charge in [-0.3, -0.25) is 9.69 Å². The van der Waals surface area contributed by atoms with Crippen molar-refractivity contribution in [2.45, 2.75) is 64.1 Å². The lowest BCUT2D eigenvalue weighted by Gasteiger charge is -2.39. The van der Waals surface area contributed by atoms with Crippen molar-refractivity contribution < 1.29 is 24.5 Å². The molecule has 5 atom stereocenters. The van der Waals surface area contributed by atoms with Gasteiger partial charge in [0.05, 0.1) is 24.9 Å². The second-order valence-electron chi connectivity index (χ2n) is 11.6. The van der Waals surface area contributed by atoms with Crippen molar-refractivity contribution in [3.05, 3.63) is 131 Å². The van der Waals surface area contributed by atoms with Crippen LogP contribution in [0.25, 0.3) is 11.1 Å². The van der Waals surface area contributed by atoms with Crippen molar-refractivity contribution in [2.24, 2.45) is 0 Å². The summed E-state index contributed by atoms with van der Waals surface area (Å²) < 4.78 is 13.1. The van der Waals surface area contributed by atoms with Gasteiger partial charge in [-0.2, -0.15) is 0 Å². The summed E-state index contributed by atoms with van der Waals surface area (Å²) in [5.74, 6) is -0.0635. The molecule has 1 amide bonds. The number of amides is 1. The zero-order valence-corrected chi connectivity index (χ0v) is 25.6. The summed E-state index contributed by atoms with van der Waals surface area (Å²) in [5, 5.41) is 23.5. The molecular formula is C37H42N2O5. The van der Waals surface area contributed by atoms with E-state index >= 15 is 0 Å². The molecule has 0 saturated carbocycles. The number of nitrogens with one attached hydrogen (secondary N) is 1. The molecule has 0 aliphatic carbocycles. The van der Waals surface area contributed by atoms with Crippen molar-refractivity contribution in [3.8, 4) is 11.1 Å². The van der Waals surface area contributed by atoms with E-state index in [-0.39, 0.29) is 30.8 Å². The maximum Gasteiger partial charge on any atom is 0.217 e. The Bertz CT molecular complexity index is 1490. The van der Waals surface area contributed by atoms with Gasteiger partial charge in [-0.1, -0.05) is 103 Å². The second-order valence-corrected chi connectivity index (χ2v) is 11.6. The Kier molecular flexibility index (Phi) is 10.6. The first-order chi connectivity index (χ1) is 21.3. The minimum Gasteiger partial charge on any atom is -0.392 e. The maximum absolute atomic E-state index is 11.5. The number of nitrogens with zero attached hydrogens (tertiary/aromatic N) is 1. The molecule has 1 aliphatic heterocycles. The van der Waals surface area contributed by atoms with E-state index in [4.69, 9.17) is 9.47 Å². The Balaban J connectivity index is 1.36. The van der Waals surface area contributed by atoms with Crippen molar-refractivity contribution in [1.82, 2.24) is 10.2 Å². The summed E-state index contributed by atoms with van der Waals surface area (Å²) in [6.07, 6.45) is -0.901. The molecule has 7 heteroatoms. The van der Waals surface area contributed by atoms with E-state index < -0.39 is 12.4 Å². The van der Waals surface area contributed by atoms with Crippen molar-refractivity contribution >= 4 is 5.91 Å². The molecular weight excluding hydrogens is 552 g/mol. The van der Waals surface area contributed by atoms with E-state index in [0.29, 0.717) is 19.5 Å². The van der Waals surface area contributed by atoms with Crippen LogP contribution in [0, 0.1) is 0 Å². The predicted octanol–water partition coefficient (Wildman–Crippen LogP) is 6.08. The van der Waals surface area contributed by atoms with Crippen LogP contribution in [0.5, 0.6) is 0 Å². The molecule has 0 spiro atoms. The Morgan fingerprint density at radius 1 is 0.909 bits per heavy atom. The summed E-state index contributed by atoms with van der Waals surface area (Å²) in [6, 6.07) is 33.7. The smallest absolute Gasteiger partial charge is 0.217 e. The highest BCUT2D eigenvalue weighted by molar-refractivity contribution is 5.74. The van der Waals surface area contributed by atoms with Crippen LogP contribution < -0.4 is 5.32 Å². The predicted molar refractivity (Wildman–Crippen MR) is 171 cm³/mol. The molecule has 230 valence electrons. The largest absolute Gasteiger partial charge is 0.392 e. The van der Waals surface area contributed by atoms with Gasteiger partial charge in [0, 0.05) is 38.0 Å². The fourth-order valence-electron chi connectivity index (χ4n) is 5.69. The summed E-state index contributed by atoms with van der Waals surface area (Å²) in [7, 11) is 2.02. The first kappa shape index (κ1) is 31.6. The number of likely N-dealkylation sites (N-methyl/N-ethyl adjacent to an activating group) is 1. The third-order valence-electron chi connectivity index (χ3n) is 8.44. The lowest BCUT2D eigenvalue weighted by molar-refractivity contribution is -0.253. The number of carbonyl (C=O) groups is 1. The quantitative estimate of drug-likeness (QED) is 0.195. The van der Waals surface area contributed by atoms with Crippen LogP contribution in [0.3, 0.4) is 0 Å². The first-order valence-electron chi connectivity index (χ1n) is 15.2. The molecule has 0 aromatic heterocycles. The summed E-state index contributed by atoms with van der Waals surface area (Å²) in [6.45, 7) is 4.62. The Hall–Kier alpha value is -3.85. The summed E-state index contributed by atoms with van der Waals surface area (Å²) in [5.41, 5.74) is 6.83. The van der Waals surface area contributed by atoms with E-state index in [1.165, 1.54) is 6.92 Å². The molecule has 1 saturated heterocycles. The van der Waals surface area contributed by atoms with E-state index in [9.17, 15) is 15.0 Å². The number of hydrogen-bond acceptors (Lipinski definition) is 6. The van der Waals surface area contributed by atoms with Crippen LogP contribution >= 0.6 is 0 Å². The third-order valence-corrected chi connectivity index (χ3v) is 8.44. The molecule has 0 radical (unpaired) electrons. The fourth-order valence-corrected chi connectivity index (χ4v) is 5.69. The van der Waals surface area contributed by atoms with Crippen molar-refractivity contribution in [1.29, 1.82) is 0 Å². The van der Waals surface area contributed by atoms with Gasteiger partial charge in [0.15, 0.2) is 6.29 Å². The highest BCUT2D eigenvalue weighted by atomic mass is 16.7. The Labute approximate surface area is 260 Å². The van der Waals surface area contributed by atoms with E-state index in [1.54, 1.807) is 0 Å². The van der Waals surface area contributed by atoms with Crippen molar-refractivity contribution in [3.63, 3.8) is 0 Å². The molecule has 5 unspecified atom stereocenters. The molecule has 3 N–H and O–H groups in total. The third kappa shape index (κ3) is 7.80. The number of hydrogen-bond donors (Lipinski definition) is 3. The lowest BCUT2D eigenvalue weighted by atomic mass is 9.97. The number of benzene rings is 4. The molecule has 4 aromatic rings. The van der Waals surface area contributed by atoms with Crippen LogP contribution in [-0.2, 0) is 27.4 Å². The fraction of sp³-hybridized carbons (Fsp3) is 0.324. The molecule has 7 nitrogen and oxygen atoms in total. The second kappa shape index (κ2) is 14.8. The van der Waals surface area contributed by atoms with E-state index in [1.807, 2.05) is 98.9 Å². The van der Waals surface area contributed by atoms with Gasteiger partial charge < -0.3 is 25.0 Å². The van der Waals surface area contributed by atoms with Gasteiger partial charge >= 0.3 is 0 Å². The van der Waals surface area contributed by atoms with Gasteiger partial charge in [0.1, 0.15) is 0 Å². The average Bonchev–Trinajstić information content (AvgIpc) is 3.07. The lowest BCUT2D eigenvalue weighted by Crippen LogP contribution is -2.43. The number of carbonyl (C=O) groups excluding carboxylic acids is 1. The Morgan fingerprint density at radius 3 is 2.25 bits per heavy atom. The number of ether oxygens (including phenoxy) is 2. The van der Waals surface area contributed by atoms with Gasteiger partial charge in [-0.25, -0.2) is 0 Å². The van der Waals surface area contributed by atoms with Crippen LogP contribution in [0.1, 0.15) is 66.6 Å². The number of rotatable bonds is 11. The maximum atomic E-state index is 11.5. The highest BCUT2D eigenvalue weighted by Gasteiger charge is 2.34. The molecule has 5 rings (SSSR count). The molecule has 0 bridgehead atoms. The average molecular weight is 595 g/mol. The highest BCUT2D eigenvalue weighted by Crippen LogP contribution is 2.39. The molecule has 1 heterocycles. The minimum absolute atomic E-state index is 0.00706. The van der Waals surface area contributed by atoms with Crippen LogP contribution in [0.15, 0.2) is 103 Å². The van der Waals surface area contributed by atoms with Gasteiger partial charge in [-0.05, 0) is 47.4 Å². The van der Waals surface area contributed by atoms with Gasteiger partial charge in [-0.15, -0.1) is 0 Å². The first-order valence-corrected chi connectivity index (χ1v) is 15.2. The molecule has 4 aromatic carbocycles. The molecule has 1 aliphatic rings. The van der Waals surface area contributed by atoms with Crippen LogP contribution in [0.4, 0.5) is 0 Å². The standard InChI is InChI=1S/C37H42N2O5/c1-25(36(42)30-9-5-4-6-10-30)39(3)23-33-21-35(29-15-13-27(24-40)14-16-29)44-37(43-33)31-19-17-28(18-20-31)34-12-8-7-11-32(34)22-38-26(2)41/h4-20,25,33,35-37,40,42H,21-24H2,1-3H3,(H,38,41). The van der Waals surface area contributed by atoms with Gasteiger partial charge in [0.2, 0.25) is 5.91 Å². The SMILES string of the molecule is CC(=O)NCc1ccccc1-c1ccc(C2OC(CN(C)C(C)C(O)c3ccccc3)CC(c3ccc(CO)cc3)O2)cc1. The van der Waals surface area contributed by atoms with Gasteiger partial charge in [0.25, 0.3) is 0 Å². The zero-order chi connectivity index (χ0) is 31.1. The van der Waals surface area contributed by atoms with Crippen LogP contribution in [0.2, 0.25) is 0 Å². The zero-order valence-electron chi connectivity index (χ0n) is 25.6. The topological polar surface area (TPSA) is 91.3 Å². The molecule has 1 fully saturated rings. The van der Waals surface area contributed by atoms with E-state index in [0.717, 1.165) is 38.9 Å². The minimum atomic E-state index is -0.625. The van der Waals surface area contributed by atoms with E-state index in [2.05, 4.69) is 28.4 Å². The summed E-state index contributed by atoms with van der Waals surface area (Å²) >= 11 is 0. The number of aliphatic hydroxyl groups excluding tert-OH is 2. The normalized spacial score (nSPS) is 19.8. The monoisotopic (exact) mass is 594 g/mol. The summed E-state index contributed by atoms with van der Waals surface area (Å²) in [4.78, 5) is 13.7.